The summed E-state index contributed by atoms with van der Waals surface area (Å²) >= 11 is 0. The summed E-state index contributed by atoms with van der Waals surface area (Å²) in [5.41, 5.74) is 19.6. The van der Waals surface area contributed by atoms with Gasteiger partial charge in [-0.2, -0.15) is 5.26 Å². The third-order valence-corrected chi connectivity index (χ3v) is 5.42. The minimum atomic E-state index is -0.662. The van der Waals surface area contributed by atoms with E-state index in [1.807, 2.05) is 6.07 Å². The highest BCUT2D eigenvalue weighted by Crippen LogP contribution is 2.40. The number of nitrogen functional groups attached to an aromatic ring is 1. The molecule has 200 valence electrons. The van der Waals surface area contributed by atoms with Crippen molar-refractivity contribution in [1.82, 2.24) is 0 Å². The SMILES string of the molecule is COc1ccc(/C=C(/C#N)c2cc(OC)c(OC)c(OC)c2)cc1N.NC(=O)[C@@H](N)Cc1ccc(O)cc1. The fraction of sp³-hybridized carbons (Fsp3) is 0.214. The lowest BCUT2D eigenvalue weighted by Crippen LogP contribution is -2.38. The van der Waals surface area contributed by atoms with E-state index in [2.05, 4.69) is 6.07 Å². The summed E-state index contributed by atoms with van der Waals surface area (Å²) in [4.78, 5) is 10.6. The molecule has 3 aromatic rings. The van der Waals surface area contributed by atoms with Gasteiger partial charge in [-0.05, 0) is 65.6 Å². The zero-order chi connectivity index (χ0) is 28.2. The Morgan fingerprint density at radius 3 is 1.97 bits per heavy atom. The molecule has 7 N–H and O–H groups in total. The monoisotopic (exact) mass is 520 g/mol. The number of nitrogens with two attached hydrogens (primary N) is 3. The molecule has 0 aliphatic carbocycles. The largest absolute Gasteiger partial charge is 0.508 e. The quantitative estimate of drug-likeness (QED) is 0.187. The smallest absolute Gasteiger partial charge is 0.234 e. The van der Waals surface area contributed by atoms with Crippen LogP contribution in [0, 0.1) is 11.3 Å². The van der Waals surface area contributed by atoms with Crippen LogP contribution in [0.25, 0.3) is 11.6 Å². The second-order valence-corrected chi connectivity index (χ2v) is 7.96. The first-order valence-electron chi connectivity index (χ1n) is 11.4. The number of anilines is 1. The van der Waals surface area contributed by atoms with Crippen molar-refractivity contribution in [2.45, 2.75) is 12.5 Å². The van der Waals surface area contributed by atoms with Gasteiger partial charge in [0, 0.05) is 0 Å². The number of ether oxygens (including phenoxy) is 4. The highest BCUT2D eigenvalue weighted by Gasteiger charge is 2.15. The maximum absolute atomic E-state index is 10.6. The Kier molecular flexibility index (Phi) is 10.8. The van der Waals surface area contributed by atoms with Gasteiger partial charge in [0.05, 0.1) is 51.8 Å². The molecule has 1 atom stereocenters. The van der Waals surface area contributed by atoms with Gasteiger partial charge in [-0.15, -0.1) is 0 Å². The molecule has 0 aromatic heterocycles. The summed E-state index contributed by atoms with van der Waals surface area (Å²) < 4.78 is 21.1. The molecule has 0 unspecified atom stereocenters. The fourth-order valence-corrected chi connectivity index (χ4v) is 3.41. The number of carbonyl (C=O) groups is 1. The molecule has 38 heavy (non-hydrogen) atoms. The Bertz CT molecular complexity index is 1290. The molecule has 0 saturated carbocycles. The number of methoxy groups -OCH3 is 4. The first kappa shape index (κ1) is 29.4. The molecule has 0 fully saturated rings. The molecule has 3 rings (SSSR count). The van der Waals surface area contributed by atoms with Gasteiger partial charge in [-0.25, -0.2) is 0 Å². The number of primary amides is 1. The molecule has 0 bridgehead atoms. The second-order valence-electron chi connectivity index (χ2n) is 7.96. The molecule has 0 heterocycles. The van der Waals surface area contributed by atoms with E-state index in [0.29, 0.717) is 46.2 Å². The maximum Gasteiger partial charge on any atom is 0.234 e. The van der Waals surface area contributed by atoms with Crippen LogP contribution in [0.2, 0.25) is 0 Å². The molecule has 0 aliphatic rings. The minimum Gasteiger partial charge on any atom is -0.508 e. The van der Waals surface area contributed by atoms with E-state index in [-0.39, 0.29) is 5.75 Å². The van der Waals surface area contributed by atoms with Gasteiger partial charge in [0.25, 0.3) is 0 Å². The Morgan fingerprint density at radius 1 is 0.947 bits per heavy atom. The number of hydrogen-bond acceptors (Lipinski definition) is 9. The van der Waals surface area contributed by atoms with Crippen molar-refractivity contribution in [3.05, 3.63) is 71.3 Å². The molecule has 3 aromatic carbocycles. The number of nitriles is 1. The lowest BCUT2D eigenvalue weighted by Gasteiger charge is -2.14. The van der Waals surface area contributed by atoms with Crippen molar-refractivity contribution in [3.63, 3.8) is 0 Å². The first-order valence-corrected chi connectivity index (χ1v) is 11.4. The van der Waals surface area contributed by atoms with Crippen molar-refractivity contribution in [2.75, 3.05) is 34.2 Å². The van der Waals surface area contributed by atoms with Crippen molar-refractivity contribution < 1.29 is 28.8 Å². The van der Waals surface area contributed by atoms with Crippen LogP contribution in [0.3, 0.4) is 0 Å². The number of allylic oxidation sites excluding steroid dienone is 1. The van der Waals surface area contributed by atoms with Crippen LogP contribution >= 0.6 is 0 Å². The highest BCUT2D eigenvalue weighted by atomic mass is 16.5. The van der Waals surface area contributed by atoms with E-state index in [4.69, 9.17) is 41.3 Å². The third-order valence-electron chi connectivity index (χ3n) is 5.42. The molecule has 0 radical (unpaired) electrons. The van der Waals surface area contributed by atoms with E-state index in [1.165, 1.54) is 21.3 Å². The summed E-state index contributed by atoms with van der Waals surface area (Å²) in [7, 11) is 6.14. The van der Waals surface area contributed by atoms with Crippen molar-refractivity contribution in [2.24, 2.45) is 11.5 Å². The zero-order valence-electron chi connectivity index (χ0n) is 21.7. The first-order chi connectivity index (χ1) is 18.2. The van der Waals surface area contributed by atoms with Crippen molar-refractivity contribution in [1.29, 1.82) is 5.26 Å². The molecule has 1 amide bonds. The van der Waals surface area contributed by atoms with Gasteiger partial charge in [-0.1, -0.05) is 18.2 Å². The molecular weight excluding hydrogens is 488 g/mol. The lowest BCUT2D eigenvalue weighted by atomic mass is 10.0. The second kappa shape index (κ2) is 14.0. The van der Waals surface area contributed by atoms with Gasteiger partial charge in [0.15, 0.2) is 11.5 Å². The summed E-state index contributed by atoms with van der Waals surface area (Å²) in [5.74, 6) is 1.69. The van der Waals surface area contributed by atoms with Gasteiger partial charge < -0.3 is 41.3 Å². The predicted molar refractivity (Wildman–Crippen MR) is 146 cm³/mol. The zero-order valence-corrected chi connectivity index (χ0v) is 21.7. The average molecular weight is 521 g/mol. The Hall–Kier alpha value is -4.88. The van der Waals surface area contributed by atoms with Crippen molar-refractivity contribution in [3.8, 4) is 34.8 Å². The standard InChI is InChI=1S/C19H20N2O4.C9H12N2O2/c1-22-16-6-5-12(8-15(16)21)7-14(11-20)13-9-17(23-2)19(25-4)18(10-13)24-3;10-8(9(11)13)5-6-1-3-7(12)4-2-6/h5-10H,21H2,1-4H3;1-4,8,12H,5,10H2,(H2,11,13)/b14-7-;/t;8-/m.0/s1. The predicted octanol–water partition coefficient (Wildman–Crippen LogP) is 3.11. The lowest BCUT2D eigenvalue weighted by molar-refractivity contribution is -0.119. The van der Waals surface area contributed by atoms with E-state index < -0.39 is 11.9 Å². The van der Waals surface area contributed by atoms with Crippen LogP contribution in [-0.2, 0) is 11.2 Å². The Labute approximate surface area is 221 Å². The minimum absolute atomic E-state index is 0.191. The number of phenolic OH excluding ortho intramolecular Hbond substituents is 1. The molecule has 10 heteroatoms. The molecular formula is C28H32N4O6. The summed E-state index contributed by atoms with van der Waals surface area (Å²) in [6, 6.07) is 16.8. The van der Waals surface area contributed by atoms with Crippen LogP contribution in [0.5, 0.6) is 28.7 Å². The number of benzene rings is 3. The number of phenols is 1. The van der Waals surface area contributed by atoms with E-state index in [0.717, 1.165) is 11.1 Å². The van der Waals surface area contributed by atoms with E-state index in [1.54, 1.807) is 61.7 Å². The summed E-state index contributed by atoms with van der Waals surface area (Å²) in [5, 5.41) is 18.6. The van der Waals surface area contributed by atoms with Crippen LogP contribution in [0.15, 0.2) is 54.6 Å². The van der Waals surface area contributed by atoms with E-state index >= 15 is 0 Å². The maximum atomic E-state index is 10.6. The molecule has 10 nitrogen and oxygen atoms in total. The molecule has 0 aliphatic heterocycles. The summed E-state index contributed by atoms with van der Waals surface area (Å²) in [6.45, 7) is 0. The van der Waals surface area contributed by atoms with Gasteiger partial charge in [-0.3, -0.25) is 4.79 Å². The average Bonchev–Trinajstić information content (AvgIpc) is 2.92. The van der Waals surface area contributed by atoms with Gasteiger partial charge in [0.2, 0.25) is 11.7 Å². The highest BCUT2D eigenvalue weighted by molar-refractivity contribution is 5.91. The summed E-state index contributed by atoms with van der Waals surface area (Å²) in [6.07, 6.45) is 2.13. The van der Waals surface area contributed by atoms with Crippen LogP contribution in [0.4, 0.5) is 5.69 Å². The normalized spacial score (nSPS) is 11.3. The number of carbonyl (C=O) groups excluding carboxylic acids is 1. The number of aromatic hydroxyl groups is 1. The number of nitrogens with zero attached hydrogens (tertiary/aromatic N) is 1. The number of rotatable bonds is 9. The Balaban J connectivity index is 0.000000328. The fourth-order valence-electron chi connectivity index (χ4n) is 3.41. The van der Waals surface area contributed by atoms with Crippen LogP contribution in [0.1, 0.15) is 16.7 Å². The van der Waals surface area contributed by atoms with Gasteiger partial charge in [0.1, 0.15) is 11.5 Å². The van der Waals surface area contributed by atoms with Crippen LogP contribution < -0.4 is 36.1 Å². The third kappa shape index (κ3) is 7.81. The Morgan fingerprint density at radius 2 is 1.53 bits per heavy atom. The van der Waals surface area contributed by atoms with Crippen molar-refractivity contribution >= 4 is 23.2 Å². The van der Waals surface area contributed by atoms with E-state index in [9.17, 15) is 10.1 Å². The molecule has 0 spiro atoms. The number of amides is 1. The van der Waals surface area contributed by atoms with Crippen LogP contribution in [-0.4, -0.2) is 45.5 Å². The van der Waals surface area contributed by atoms with Gasteiger partial charge >= 0.3 is 0 Å². The molecule has 0 saturated heterocycles. The topological polar surface area (TPSA) is 176 Å². The number of hydrogen-bond donors (Lipinski definition) is 4.